The fourth-order valence-corrected chi connectivity index (χ4v) is 17.5. The summed E-state index contributed by atoms with van der Waals surface area (Å²) in [6.07, 6.45) is 0.315. The zero-order valence-electron chi connectivity index (χ0n) is 69.5. The average molecular weight is 1790 g/mol. The van der Waals surface area contributed by atoms with Gasteiger partial charge in [0.25, 0.3) is 0 Å². The number of aromatic nitrogens is 3. The number of aromatic amines is 3. The molecule has 23 nitrogen and oxygen atoms in total. The maximum atomic E-state index is 13.5. The number of aliphatic hydroxyl groups excluding tert-OH is 2. The van der Waals surface area contributed by atoms with E-state index in [-0.39, 0.29) is 25.0 Å². The summed E-state index contributed by atoms with van der Waals surface area (Å²) >= 11 is 31.0. The van der Waals surface area contributed by atoms with Crippen molar-refractivity contribution in [3.05, 3.63) is 282 Å². The van der Waals surface area contributed by atoms with Gasteiger partial charge in [-0.25, -0.2) is 18.8 Å². The van der Waals surface area contributed by atoms with E-state index >= 15 is 0 Å². The predicted octanol–water partition coefficient (Wildman–Crippen LogP) is 17.7. The number of ether oxygens (including phenoxy) is 7. The van der Waals surface area contributed by atoms with Crippen LogP contribution in [-0.2, 0) is 24.0 Å². The SMILES string of the molecule is CN1CCN(CC(O)COc2ccc(C3c4[nH]c5ccc(Cl)cc5c4CCN3C(=O)Oc3ccc(F)cc3)cc2)CC1.CN1CCN(CCCOc2ccc(C3c4[nH]c5ccc(Cl)cc5c4CCN3C(=O)Oc3ccc(Cl)cc3)cc2)CC1.COCCN(C)CC(O)COc1ccc(C2c3[nH]c4ccc(Cl)cc4c3CCN2C(=O)Oc2ccc(Cl)cc2)cc1. The predicted molar refractivity (Wildman–Crippen MR) is 484 cm³/mol. The minimum absolute atomic E-state index is 0.159. The van der Waals surface area contributed by atoms with E-state index in [1.54, 1.807) is 70.3 Å². The van der Waals surface area contributed by atoms with Gasteiger partial charge in [-0.05, 0) is 244 Å². The van der Waals surface area contributed by atoms with Gasteiger partial charge < -0.3 is 77.9 Å². The Balaban J connectivity index is 0.000000144. The summed E-state index contributed by atoms with van der Waals surface area (Å²) in [5, 5.41) is 27.2. The number of halogens is 6. The molecule has 17 rings (SSSR count). The number of benzene rings is 9. The van der Waals surface area contributed by atoms with Gasteiger partial charge in [-0.1, -0.05) is 94.4 Å². The van der Waals surface area contributed by atoms with Crippen molar-refractivity contribution in [2.24, 2.45) is 0 Å². The molecule has 650 valence electrons. The zero-order chi connectivity index (χ0) is 86.5. The number of fused-ring (bicyclic) bond motifs is 9. The van der Waals surface area contributed by atoms with E-state index in [9.17, 15) is 29.0 Å². The molecule has 5 aliphatic rings. The minimum Gasteiger partial charge on any atom is -0.494 e. The number of H-pyrrole nitrogens is 3. The van der Waals surface area contributed by atoms with Crippen molar-refractivity contribution in [2.45, 2.75) is 56.0 Å². The quantitative estimate of drug-likeness (QED) is 0.0354. The summed E-state index contributed by atoms with van der Waals surface area (Å²) in [4.78, 5) is 67.7. The third-order valence-electron chi connectivity index (χ3n) is 23.2. The van der Waals surface area contributed by atoms with Gasteiger partial charge in [0.15, 0.2) is 0 Å². The van der Waals surface area contributed by atoms with Crippen molar-refractivity contribution in [1.29, 1.82) is 0 Å². The molecule has 5 atom stereocenters. The van der Waals surface area contributed by atoms with E-state index in [0.29, 0.717) is 113 Å². The number of nitrogens with zero attached hydrogens (tertiary/aromatic N) is 8. The number of carbonyl (C=O) groups is 3. The molecule has 12 aromatic rings. The van der Waals surface area contributed by atoms with Crippen molar-refractivity contribution in [2.75, 3.05) is 153 Å². The number of nitrogens with one attached hydrogen (secondary N) is 3. The number of hydrogen-bond donors (Lipinski definition) is 5. The van der Waals surface area contributed by atoms with E-state index in [1.165, 1.54) is 29.8 Å². The summed E-state index contributed by atoms with van der Waals surface area (Å²) in [6, 6.07) is 58.3. The summed E-state index contributed by atoms with van der Waals surface area (Å²) in [5.41, 5.74) is 11.8. The van der Waals surface area contributed by atoms with Crippen molar-refractivity contribution >= 4 is 109 Å². The highest BCUT2D eigenvalue weighted by molar-refractivity contribution is 6.32. The first-order chi connectivity index (χ1) is 60.1. The first-order valence-corrected chi connectivity index (χ1v) is 43.7. The number of aliphatic hydroxyl groups is 2. The Kier molecular flexibility index (Phi) is 29.6. The fraction of sp³-hybridized carbons (Fsp3) is 0.337. The highest BCUT2D eigenvalue weighted by atomic mass is 35.5. The fourth-order valence-electron chi connectivity index (χ4n) is 16.7. The lowest BCUT2D eigenvalue weighted by molar-refractivity contribution is 0.0504. The Labute approximate surface area is 745 Å². The second-order valence-corrected chi connectivity index (χ2v) is 34.1. The van der Waals surface area contributed by atoms with Crippen LogP contribution in [0.3, 0.4) is 0 Å². The van der Waals surface area contributed by atoms with Crippen LogP contribution in [0.2, 0.25) is 25.1 Å². The zero-order valence-corrected chi connectivity index (χ0v) is 73.3. The van der Waals surface area contributed by atoms with Crippen molar-refractivity contribution in [3.63, 3.8) is 0 Å². The summed E-state index contributed by atoms with van der Waals surface area (Å²) < 4.78 is 53.5. The van der Waals surface area contributed by atoms with Gasteiger partial charge in [0, 0.05) is 180 Å². The van der Waals surface area contributed by atoms with E-state index in [1.807, 2.05) is 139 Å². The van der Waals surface area contributed by atoms with Gasteiger partial charge in [0.1, 0.15) is 83.9 Å². The standard InChI is InChI=1S/C32H34Cl2N4O3.C32H34ClFN4O4.C31H33Cl2N3O5/c1-36-16-18-37(19-17-36)14-2-20-40-25-8-3-22(4-9-25)31-30-27(28-21-24(34)7-12-29(28)35-30)13-15-38(31)32(39)41-26-10-5-23(33)6-11-26;1-36-14-16-37(17-15-36)19-24(39)20-41-25-7-2-21(3-8-25)31-30-27(28-18-22(33)4-11-29(28)35-30)12-13-38(31)32(40)42-26-9-5-23(34)6-10-26;1-35(15-16-39-2)18-23(37)19-40-24-8-3-20(4-9-24)30-29-26(27-17-22(33)7-12-28(27)34-29)13-14-36(30)31(38)41-25-10-5-21(32)6-11-25/h3-12,21,31,35H,2,13-20H2,1H3;2-11,18,24,31,35,39H,12-17,19-20H2,1H3;3-12,17,23,30,34,37H,13-16,18-19H2,1-2H3. The Morgan fingerprint density at radius 1 is 0.427 bits per heavy atom. The molecule has 5 N–H and O–H groups in total. The Hall–Kier alpha value is -10.1. The number of piperazine rings is 2. The van der Waals surface area contributed by atoms with E-state index in [4.69, 9.17) is 91.2 Å². The number of methoxy groups -OCH3 is 1. The van der Waals surface area contributed by atoms with E-state index in [2.05, 4.69) is 48.6 Å². The first-order valence-electron chi connectivity index (χ1n) is 41.8. The molecule has 8 heterocycles. The lowest BCUT2D eigenvalue weighted by Crippen LogP contribution is -2.47. The van der Waals surface area contributed by atoms with Crippen molar-refractivity contribution in [3.8, 4) is 34.5 Å². The van der Waals surface area contributed by atoms with Crippen molar-refractivity contribution < 1.29 is 62.1 Å². The highest BCUT2D eigenvalue weighted by Gasteiger charge is 2.40. The molecule has 0 radical (unpaired) electrons. The summed E-state index contributed by atoms with van der Waals surface area (Å²) in [7, 11) is 7.86. The van der Waals surface area contributed by atoms with Crippen LogP contribution in [0.15, 0.2) is 200 Å². The molecular formula is C95H101Cl5FN11O12. The molecule has 3 amide bonds. The molecular weight excluding hydrogens is 1680 g/mol. The minimum atomic E-state index is -0.645. The van der Waals surface area contributed by atoms with Gasteiger partial charge in [0.2, 0.25) is 0 Å². The number of carbonyl (C=O) groups excluding carboxylic acids is 3. The molecule has 5 aliphatic heterocycles. The van der Waals surface area contributed by atoms with Crippen LogP contribution in [0.5, 0.6) is 34.5 Å². The van der Waals surface area contributed by atoms with Crippen LogP contribution < -0.4 is 28.4 Å². The normalized spacial score (nSPS) is 17.4. The lowest BCUT2D eigenvalue weighted by Gasteiger charge is -2.35. The average Bonchev–Trinajstić information content (AvgIpc) is 1.59. The number of likely N-dealkylation sites (N-methyl/N-ethyl adjacent to an activating group) is 3. The van der Waals surface area contributed by atoms with Gasteiger partial charge in [-0.3, -0.25) is 19.6 Å². The number of hydrogen-bond acceptors (Lipinski definition) is 17. The van der Waals surface area contributed by atoms with Crippen LogP contribution in [0.4, 0.5) is 18.8 Å². The maximum Gasteiger partial charge on any atom is 0.416 e. The number of amides is 3. The maximum absolute atomic E-state index is 13.5. The smallest absolute Gasteiger partial charge is 0.416 e. The molecule has 0 saturated carbocycles. The molecule has 124 heavy (non-hydrogen) atoms. The monoisotopic (exact) mass is 1780 g/mol. The van der Waals surface area contributed by atoms with Gasteiger partial charge in [-0.15, -0.1) is 0 Å². The Bertz CT molecular complexity index is 5600. The molecule has 29 heteroatoms. The molecule has 9 aromatic carbocycles. The largest absolute Gasteiger partial charge is 0.494 e. The third-order valence-corrected chi connectivity index (χ3v) is 24.5. The molecule has 0 bridgehead atoms. The number of β-amino-alcohol motifs (C(OH)–C–C–N with tert-alkyl or cyclic N) is 1. The molecule has 0 spiro atoms. The van der Waals surface area contributed by atoms with Crippen molar-refractivity contribution in [1.82, 2.24) is 54.2 Å². The van der Waals surface area contributed by atoms with Gasteiger partial charge in [0.05, 0.1) is 13.2 Å². The molecule has 2 fully saturated rings. The highest BCUT2D eigenvalue weighted by Crippen LogP contribution is 2.44. The molecule has 2 saturated heterocycles. The topological polar surface area (TPSA) is 230 Å². The van der Waals surface area contributed by atoms with Gasteiger partial charge >= 0.3 is 18.3 Å². The second kappa shape index (κ2) is 41.3. The van der Waals surface area contributed by atoms with Crippen LogP contribution in [0.25, 0.3) is 32.7 Å². The van der Waals surface area contributed by atoms with E-state index in [0.717, 1.165) is 155 Å². The molecule has 3 aromatic heterocycles. The second-order valence-electron chi connectivity index (χ2n) is 32.0. The Morgan fingerprint density at radius 2 is 0.766 bits per heavy atom. The van der Waals surface area contributed by atoms with Crippen LogP contribution in [0.1, 0.15) is 75.0 Å². The summed E-state index contributed by atoms with van der Waals surface area (Å²) in [6.45, 7) is 14.2. The third kappa shape index (κ3) is 22.2. The Morgan fingerprint density at radius 3 is 1.15 bits per heavy atom. The lowest BCUT2D eigenvalue weighted by atomic mass is 9.92. The van der Waals surface area contributed by atoms with Crippen LogP contribution >= 0.6 is 58.0 Å². The van der Waals surface area contributed by atoms with Gasteiger partial charge in [-0.2, -0.15) is 0 Å². The first kappa shape index (κ1) is 88.7. The number of rotatable bonds is 24. The van der Waals surface area contributed by atoms with Crippen LogP contribution in [0, 0.1) is 5.82 Å². The molecule has 5 unspecified atom stereocenters. The summed E-state index contributed by atoms with van der Waals surface area (Å²) in [5.74, 6) is 2.82. The molecule has 0 aliphatic carbocycles. The van der Waals surface area contributed by atoms with E-state index < -0.39 is 48.4 Å². The van der Waals surface area contributed by atoms with Crippen LogP contribution in [-0.4, -0.2) is 248 Å².